The van der Waals surface area contributed by atoms with Crippen molar-refractivity contribution in [2.45, 2.75) is 13.3 Å². The predicted octanol–water partition coefficient (Wildman–Crippen LogP) is 2.99. The number of nitrogens with zero attached hydrogens (tertiary/aromatic N) is 2. The highest BCUT2D eigenvalue weighted by molar-refractivity contribution is 5.76. The van der Waals surface area contributed by atoms with Gasteiger partial charge in [0.1, 0.15) is 11.4 Å². The van der Waals surface area contributed by atoms with E-state index in [9.17, 15) is 4.39 Å². The van der Waals surface area contributed by atoms with Gasteiger partial charge in [-0.2, -0.15) is 0 Å². The number of pyridine rings is 1. The Labute approximate surface area is 116 Å². The van der Waals surface area contributed by atoms with E-state index in [1.54, 1.807) is 0 Å². The first-order chi connectivity index (χ1) is 9.72. The van der Waals surface area contributed by atoms with Crippen LogP contribution in [0, 0.1) is 17.7 Å². The van der Waals surface area contributed by atoms with Crippen molar-refractivity contribution < 1.29 is 9.60 Å². The van der Waals surface area contributed by atoms with Gasteiger partial charge in [-0.1, -0.05) is 30.1 Å². The van der Waals surface area contributed by atoms with Crippen LogP contribution in [0.2, 0.25) is 0 Å². The number of hydrogen-bond donors (Lipinski definition) is 1. The molecule has 3 nitrogen and oxygen atoms in total. The number of rotatable bonds is 2. The second-order valence-corrected chi connectivity index (χ2v) is 4.11. The van der Waals surface area contributed by atoms with E-state index < -0.39 is 5.82 Å². The first kappa shape index (κ1) is 13.8. The van der Waals surface area contributed by atoms with E-state index in [2.05, 4.69) is 28.9 Å². The zero-order chi connectivity index (χ0) is 14.4. The average Bonchev–Trinajstić information content (AvgIpc) is 2.49. The third-order valence-corrected chi connectivity index (χ3v) is 2.75. The molecule has 0 amide bonds. The van der Waals surface area contributed by atoms with Gasteiger partial charge in [0.2, 0.25) is 0 Å². The summed E-state index contributed by atoms with van der Waals surface area (Å²) in [5, 5.41) is 11.2. The van der Waals surface area contributed by atoms with Crippen molar-refractivity contribution >= 4 is 6.21 Å². The summed E-state index contributed by atoms with van der Waals surface area (Å²) in [6, 6.07) is 10.6. The molecule has 0 aliphatic carbocycles. The molecule has 0 saturated heterocycles. The fourth-order valence-corrected chi connectivity index (χ4v) is 1.63. The lowest BCUT2D eigenvalue weighted by Gasteiger charge is -1.96. The van der Waals surface area contributed by atoms with E-state index in [0.717, 1.165) is 18.2 Å². The molecule has 0 fully saturated rings. The molecule has 0 aliphatic heterocycles. The fraction of sp³-hybridized carbons (Fsp3) is 0.125. The summed E-state index contributed by atoms with van der Waals surface area (Å²) in [6.45, 7) is 2.09. The fourth-order valence-electron chi connectivity index (χ4n) is 1.63. The molecular formula is C16H13FN2O. The molecule has 1 heterocycles. The maximum atomic E-state index is 13.3. The van der Waals surface area contributed by atoms with E-state index in [0.29, 0.717) is 5.69 Å². The number of oxime groups is 1. The molecule has 2 aromatic rings. The van der Waals surface area contributed by atoms with E-state index in [1.165, 1.54) is 17.7 Å². The van der Waals surface area contributed by atoms with Crippen molar-refractivity contribution in [3.63, 3.8) is 0 Å². The minimum atomic E-state index is -0.555. The van der Waals surface area contributed by atoms with Crippen molar-refractivity contribution in [2.24, 2.45) is 5.16 Å². The van der Waals surface area contributed by atoms with Gasteiger partial charge in [0.15, 0.2) is 5.82 Å². The molecule has 0 saturated carbocycles. The number of aryl methyl sites for hydroxylation is 1. The first-order valence-corrected chi connectivity index (χ1v) is 6.18. The second-order valence-electron chi connectivity index (χ2n) is 4.11. The molecule has 0 aliphatic rings. The van der Waals surface area contributed by atoms with Crippen LogP contribution in [0.3, 0.4) is 0 Å². The molecule has 1 aromatic heterocycles. The minimum Gasteiger partial charge on any atom is -0.411 e. The summed E-state index contributed by atoms with van der Waals surface area (Å²) in [7, 11) is 0. The van der Waals surface area contributed by atoms with Gasteiger partial charge in [0.05, 0.1) is 6.21 Å². The Morgan fingerprint density at radius 2 is 1.95 bits per heavy atom. The van der Waals surface area contributed by atoms with Crippen LogP contribution in [0.1, 0.15) is 29.4 Å². The summed E-state index contributed by atoms with van der Waals surface area (Å²) in [6.07, 6.45) is 1.92. The molecule has 4 heteroatoms. The molecular weight excluding hydrogens is 255 g/mol. The highest BCUT2D eigenvalue weighted by Gasteiger charge is 2.01. The highest BCUT2D eigenvalue weighted by Crippen LogP contribution is 2.05. The van der Waals surface area contributed by atoms with Crippen molar-refractivity contribution in [2.75, 3.05) is 0 Å². The molecule has 1 aromatic carbocycles. The predicted molar refractivity (Wildman–Crippen MR) is 75.4 cm³/mol. The van der Waals surface area contributed by atoms with Crippen LogP contribution in [0.15, 0.2) is 41.6 Å². The van der Waals surface area contributed by atoms with Crippen molar-refractivity contribution in [1.82, 2.24) is 4.98 Å². The molecule has 100 valence electrons. The van der Waals surface area contributed by atoms with E-state index in [1.807, 2.05) is 24.3 Å². The van der Waals surface area contributed by atoms with Crippen LogP contribution in [0.4, 0.5) is 4.39 Å². The van der Waals surface area contributed by atoms with E-state index in [4.69, 9.17) is 5.21 Å². The van der Waals surface area contributed by atoms with Crippen molar-refractivity contribution in [3.05, 3.63) is 64.7 Å². The van der Waals surface area contributed by atoms with Gasteiger partial charge in [-0.3, -0.25) is 0 Å². The topological polar surface area (TPSA) is 45.5 Å². The van der Waals surface area contributed by atoms with E-state index >= 15 is 0 Å². The van der Waals surface area contributed by atoms with Crippen LogP contribution >= 0.6 is 0 Å². The molecule has 0 atom stereocenters. The van der Waals surface area contributed by atoms with Gasteiger partial charge in [0.25, 0.3) is 0 Å². The molecule has 0 bridgehead atoms. The Bertz CT molecular complexity index is 682. The Hall–Kier alpha value is -2.67. The third-order valence-electron chi connectivity index (χ3n) is 2.75. The third kappa shape index (κ3) is 3.42. The summed E-state index contributed by atoms with van der Waals surface area (Å²) in [5.74, 6) is 5.26. The zero-order valence-corrected chi connectivity index (χ0v) is 11.0. The monoisotopic (exact) mass is 268 g/mol. The summed E-state index contributed by atoms with van der Waals surface area (Å²) < 4.78 is 13.3. The van der Waals surface area contributed by atoms with E-state index in [-0.39, 0.29) is 5.69 Å². The molecule has 20 heavy (non-hydrogen) atoms. The Balaban J connectivity index is 2.25. The Morgan fingerprint density at radius 3 is 2.60 bits per heavy atom. The van der Waals surface area contributed by atoms with Crippen LogP contribution in [0.25, 0.3) is 0 Å². The quantitative estimate of drug-likeness (QED) is 0.394. The lowest BCUT2D eigenvalue weighted by atomic mass is 10.1. The van der Waals surface area contributed by atoms with Crippen molar-refractivity contribution in [1.29, 1.82) is 0 Å². The summed E-state index contributed by atoms with van der Waals surface area (Å²) in [4.78, 5) is 3.95. The average molecular weight is 268 g/mol. The SMILES string of the molecule is CCc1ccc(C#Cc2ccc(F)c(/C=N/O)n2)cc1. The van der Waals surface area contributed by atoms with Crippen LogP contribution in [-0.2, 0) is 6.42 Å². The molecule has 0 spiro atoms. The van der Waals surface area contributed by atoms with Crippen LogP contribution < -0.4 is 0 Å². The van der Waals surface area contributed by atoms with Gasteiger partial charge in [0, 0.05) is 5.56 Å². The number of hydrogen-bond acceptors (Lipinski definition) is 3. The smallest absolute Gasteiger partial charge is 0.150 e. The zero-order valence-electron chi connectivity index (χ0n) is 11.0. The van der Waals surface area contributed by atoms with Gasteiger partial charge < -0.3 is 5.21 Å². The maximum absolute atomic E-state index is 13.3. The van der Waals surface area contributed by atoms with Crippen LogP contribution in [0.5, 0.6) is 0 Å². The summed E-state index contributed by atoms with van der Waals surface area (Å²) in [5.41, 5.74) is 2.49. The highest BCUT2D eigenvalue weighted by atomic mass is 19.1. The van der Waals surface area contributed by atoms with Crippen molar-refractivity contribution in [3.8, 4) is 11.8 Å². The lowest BCUT2D eigenvalue weighted by Crippen LogP contribution is -1.95. The van der Waals surface area contributed by atoms with Crippen LogP contribution in [-0.4, -0.2) is 16.4 Å². The molecule has 0 radical (unpaired) electrons. The summed E-state index contributed by atoms with van der Waals surface area (Å²) >= 11 is 0. The maximum Gasteiger partial charge on any atom is 0.150 e. The minimum absolute atomic E-state index is 0.0411. The first-order valence-electron chi connectivity index (χ1n) is 6.18. The number of halogens is 1. The number of aromatic nitrogens is 1. The molecule has 2 rings (SSSR count). The van der Waals surface area contributed by atoms with Gasteiger partial charge >= 0.3 is 0 Å². The normalized spacial score (nSPS) is 10.3. The molecule has 1 N–H and O–H groups in total. The largest absolute Gasteiger partial charge is 0.411 e. The standard InChI is InChI=1S/C16H13FN2O/c1-2-12-3-5-13(6-4-12)7-8-14-9-10-15(17)16(19-14)11-18-20/h3-6,9-11,20H,2H2,1H3/b18-11+. The Kier molecular flexibility index (Phi) is 4.46. The Morgan fingerprint density at radius 1 is 1.20 bits per heavy atom. The lowest BCUT2D eigenvalue weighted by molar-refractivity contribution is 0.321. The second kappa shape index (κ2) is 6.48. The van der Waals surface area contributed by atoms with Gasteiger partial charge in [-0.15, -0.1) is 0 Å². The van der Waals surface area contributed by atoms with Gasteiger partial charge in [-0.05, 0) is 42.2 Å². The van der Waals surface area contributed by atoms with Gasteiger partial charge in [-0.25, -0.2) is 9.37 Å². The number of benzene rings is 1. The molecule has 0 unspecified atom stereocenters.